The van der Waals surface area contributed by atoms with Crippen LogP contribution < -0.4 is 14.8 Å². The van der Waals surface area contributed by atoms with Gasteiger partial charge >= 0.3 is 0 Å². The molecule has 1 fully saturated rings. The molecule has 138 valence electrons. The summed E-state index contributed by atoms with van der Waals surface area (Å²) in [4.78, 5) is 23.0. The molecule has 1 aromatic heterocycles. The Morgan fingerprint density at radius 2 is 1.92 bits per heavy atom. The van der Waals surface area contributed by atoms with Gasteiger partial charge in [0.05, 0.1) is 32.3 Å². The molecule has 0 bridgehead atoms. The molecule has 2 heterocycles. The van der Waals surface area contributed by atoms with Crippen molar-refractivity contribution < 1.29 is 14.3 Å². The highest BCUT2D eigenvalue weighted by Gasteiger charge is 2.22. The lowest BCUT2D eigenvalue weighted by Crippen LogP contribution is -2.38. The summed E-state index contributed by atoms with van der Waals surface area (Å²) in [6, 6.07) is 5.44. The summed E-state index contributed by atoms with van der Waals surface area (Å²) in [5.41, 5.74) is 1.08. The van der Waals surface area contributed by atoms with Crippen molar-refractivity contribution in [2.24, 2.45) is 5.92 Å². The molecule has 0 saturated carbocycles. The SMILES string of the molecule is COc1ccc(OC)c(Nc2cnc(C(=O)N3CCC(C)CC3)cn2)c1. The maximum atomic E-state index is 12.5. The number of nitrogens with one attached hydrogen (secondary N) is 1. The Balaban J connectivity index is 1.71. The molecule has 1 aromatic carbocycles. The molecule has 7 heteroatoms. The molecule has 1 amide bonds. The van der Waals surface area contributed by atoms with Crippen LogP contribution in [0, 0.1) is 5.92 Å². The summed E-state index contributed by atoms with van der Waals surface area (Å²) in [5.74, 6) is 2.51. The van der Waals surface area contributed by atoms with E-state index in [4.69, 9.17) is 9.47 Å². The summed E-state index contributed by atoms with van der Waals surface area (Å²) < 4.78 is 10.6. The van der Waals surface area contributed by atoms with Gasteiger partial charge in [-0.2, -0.15) is 0 Å². The van der Waals surface area contributed by atoms with Crippen molar-refractivity contribution in [1.82, 2.24) is 14.9 Å². The normalized spacial score (nSPS) is 14.8. The number of hydrogen-bond acceptors (Lipinski definition) is 6. The van der Waals surface area contributed by atoms with Gasteiger partial charge in [-0.15, -0.1) is 0 Å². The molecule has 7 nitrogen and oxygen atoms in total. The molecule has 3 rings (SSSR count). The Bertz CT molecular complexity index is 756. The number of carbonyl (C=O) groups excluding carboxylic acids is 1. The second kappa shape index (κ2) is 8.03. The van der Waals surface area contributed by atoms with E-state index in [0.29, 0.717) is 34.6 Å². The molecule has 0 unspecified atom stereocenters. The number of carbonyl (C=O) groups is 1. The topological polar surface area (TPSA) is 76.6 Å². The molecule has 1 aliphatic rings. The zero-order valence-corrected chi connectivity index (χ0v) is 15.4. The lowest BCUT2D eigenvalue weighted by molar-refractivity contribution is 0.0691. The van der Waals surface area contributed by atoms with E-state index < -0.39 is 0 Å². The van der Waals surface area contributed by atoms with Crippen molar-refractivity contribution in [3.8, 4) is 11.5 Å². The van der Waals surface area contributed by atoms with Crippen molar-refractivity contribution in [3.63, 3.8) is 0 Å². The molecule has 1 N–H and O–H groups in total. The Morgan fingerprint density at radius 1 is 1.15 bits per heavy atom. The maximum absolute atomic E-state index is 12.5. The Hall–Kier alpha value is -2.83. The van der Waals surface area contributed by atoms with Gasteiger partial charge in [0.25, 0.3) is 5.91 Å². The molecule has 0 aliphatic carbocycles. The molecule has 1 aliphatic heterocycles. The molecular weight excluding hydrogens is 332 g/mol. The fourth-order valence-electron chi connectivity index (χ4n) is 2.93. The average molecular weight is 356 g/mol. The van der Waals surface area contributed by atoms with Gasteiger partial charge < -0.3 is 19.7 Å². The summed E-state index contributed by atoms with van der Waals surface area (Å²) >= 11 is 0. The molecule has 0 radical (unpaired) electrons. The molecule has 1 saturated heterocycles. The lowest BCUT2D eigenvalue weighted by Gasteiger charge is -2.29. The number of aromatic nitrogens is 2. The molecule has 26 heavy (non-hydrogen) atoms. The highest BCUT2D eigenvalue weighted by molar-refractivity contribution is 5.92. The predicted molar refractivity (Wildman–Crippen MR) is 99.2 cm³/mol. The van der Waals surface area contributed by atoms with Gasteiger partial charge in [0, 0.05) is 19.2 Å². The maximum Gasteiger partial charge on any atom is 0.274 e. The minimum atomic E-state index is -0.0603. The highest BCUT2D eigenvalue weighted by atomic mass is 16.5. The monoisotopic (exact) mass is 356 g/mol. The van der Waals surface area contributed by atoms with E-state index in [1.807, 2.05) is 23.1 Å². The number of methoxy groups -OCH3 is 2. The van der Waals surface area contributed by atoms with Gasteiger partial charge in [0.2, 0.25) is 0 Å². The van der Waals surface area contributed by atoms with Crippen LogP contribution in [0.15, 0.2) is 30.6 Å². The van der Waals surface area contributed by atoms with Gasteiger partial charge in [-0.25, -0.2) is 9.97 Å². The lowest BCUT2D eigenvalue weighted by atomic mass is 9.99. The molecule has 0 spiro atoms. The van der Waals surface area contributed by atoms with E-state index in [2.05, 4.69) is 22.2 Å². The van der Waals surface area contributed by atoms with Crippen molar-refractivity contribution in [1.29, 1.82) is 0 Å². The number of ether oxygens (including phenoxy) is 2. The summed E-state index contributed by atoms with van der Waals surface area (Å²) in [6.45, 7) is 3.78. The number of anilines is 2. The van der Waals surface area contributed by atoms with Crippen LogP contribution >= 0.6 is 0 Å². The zero-order valence-electron chi connectivity index (χ0n) is 15.4. The smallest absolute Gasteiger partial charge is 0.274 e. The molecule has 0 atom stereocenters. The fraction of sp³-hybridized carbons (Fsp3) is 0.421. The van der Waals surface area contributed by atoms with E-state index in [0.717, 1.165) is 25.9 Å². The van der Waals surface area contributed by atoms with Crippen molar-refractivity contribution in [3.05, 3.63) is 36.3 Å². The second-order valence-electron chi connectivity index (χ2n) is 6.45. The van der Waals surface area contributed by atoms with Crippen LogP contribution in [-0.4, -0.2) is 48.1 Å². The van der Waals surface area contributed by atoms with Crippen LogP contribution in [0.25, 0.3) is 0 Å². The minimum absolute atomic E-state index is 0.0603. The van der Waals surface area contributed by atoms with Crippen LogP contribution in [0.3, 0.4) is 0 Å². The van der Waals surface area contributed by atoms with Crippen LogP contribution in [0.5, 0.6) is 11.5 Å². The summed E-state index contributed by atoms with van der Waals surface area (Å²) in [5, 5.41) is 3.15. The Kier molecular flexibility index (Phi) is 5.55. The first-order chi connectivity index (χ1) is 12.6. The van der Waals surface area contributed by atoms with Crippen LogP contribution in [-0.2, 0) is 0 Å². The van der Waals surface area contributed by atoms with E-state index >= 15 is 0 Å². The van der Waals surface area contributed by atoms with E-state index in [1.165, 1.54) is 6.20 Å². The predicted octanol–water partition coefficient (Wildman–Crippen LogP) is 3.11. The number of hydrogen-bond donors (Lipinski definition) is 1. The van der Waals surface area contributed by atoms with Gasteiger partial charge in [0.15, 0.2) is 0 Å². The largest absolute Gasteiger partial charge is 0.497 e. The van der Waals surface area contributed by atoms with Crippen LogP contribution in [0.4, 0.5) is 11.5 Å². The second-order valence-corrected chi connectivity index (χ2v) is 6.45. The highest BCUT2D eigenvalue weighted by Crippen LogP contribution is 2.30. The first-order valence-corrected chi connectivity index (χ1v) is 8.71. The van der Waals surface area contributed by atoms with E-state index in [9.17, 15) is 4.79 Å². The third kappa shape index (κ3) is 4.04. The number of nitrogens with zero attached hydrogens (tertiary/aromatic N) is 3. The average Bonchev–Trinajstić information content (AvgIpc) is 2.68. The number of rotatable bonds is 5. The van der Waals surface area contributed by atoms with Gasteiger partial charge in [-0.1, -0.05) is 6.92 Å². The van der Waals surface area contributed by atoms with Crippen molar-refractivity contribution in [2.45, 2.75) is 19.8 Å². The first kappa shape index (κ1) is 18.0. The fourth-order valence-corrected chi connectivity index (χ4v) is 2.93. The summed E-state index contributed by atoms with van der Waals surface area (Å²) in [7, 11) is 3.20. The quantitative estimate of drug-likeness (QED) is 0.887. The van der Waals surface area contributed by atoms with Gasteiger partial charge in [-0.05, 0) is 30.9 Å². The van der Waals surface area contributed by atoms with Crippen molar-refractivity contribution >= 4 is 17.4 Å². The number of benzene rings is 1. The van der Waals surface area contributed by atoms with Crippen LogP contribution in [0.1, 0.15) is 30.3 Å². The third-order valence-electron chi connectivity index (χ3n) is 4.61. The molecule has 2 aromatic rings. The van der Waals surface area contributed by atoms with E-state index in [1.54, 1.807) is 20.4 Å². The standard InChI is InChI=1S/C19H24N4O3/c1-13-6-8-23(9-7-13)19(24)16-11-21-18(12-20-16)22-15-10-14(25-2)4-5-17(15)26-3/h4-5,10-13H,6-9H2,1-3H3,(H,21,22). The third-order valence-corrected chi connectivity index (χ3v) is 4.61. The first-order valence-electron chi connectivity index (χ1n) is 8.71. The van der Waals surface area contributed by atoms with Crippen LogP contribution in [0.2, 0.25) is 0 Å². The summed E-state index contributed by atoms with van der Waals surface area (Å²) in [6.07, 6.45) is 5.14. The molecular formula is C19H24N4O3. The van der Waals surface area contributed by atoms with Gasteiger partial charge in [-0.3, -0.25) is 4.79 Å². The minimum Gasteiger partial charge on any atom is -0.497 e. The zero-order chi connectivity index (χ0) is 18.5. The van der Waals surface area contributed by atoms with Crippen molar-refractivity contribution in [2.75, 3.05) is 32.6 Å². The number of piperidine rings is 1. The Labute approximate surface area is 153 Å². The van der Waals surface area contributed by atoms with E-state index in [-0.39, 0.29) is 5.91 Å². The number of likely N-dealkylation sites (tertiary alicyclic amines) is 1. The number of amides is 1. The Morgan fingerprint density at radius 3 is 2.54 bits per heavy atom. The van der Waals surface area contributed by atoms with Gasteiger partial charge in [0.1, 0.15) is 23.0 Å².